The van der Waals surface area contributed by atoms with Crippen molar-refractivity contribution < 1.29 is 0 Å². The van der Waals surface area contributed by atoms with Gasteiger partial charge in [0.05, 0.1) is 0 Å². The molecule has 0 aliphatic heterocycles. The van der Waals surface area contributed by atoms with Crippen LogP contribution >= 0.6 is 0 Å². The van der Waals surface area contributed by atoms with Gasteiger partial charge in [0.15, 0.2) is 9.12 Å². The molecule has 0 bridgehead atoms. The lowest BCUT2D eigenvalue weighted by Gasteiger charge is -2.32. The van der Waals surface area contributed by atoms with Gasteiger partial charge in [-0.25, -0.2) is 0 Å². The van der Waals surface area contributed by atoms with Gasteiger partial charge < -0.3 is 9.13 Å². The molecule has 0 fully saturated rings. The van der Waals surface area contributed by atoms with Crippen LogP contribution in [-0.2, 0) is 0 Å². The predicted octanol–water partition coefficient (Wildman–Crippen LogP) is 1.13. The van der Waals surface area contributed by atoms with Gasteiger partial charge in [-0.15, -0.1) is 0 Å². The van der Waals surface area contributed by atoms with E-state index >= 15 is 0 Å². The van der Waals surface area contributed by atoms with Crippen molar-refractivity contribution in [2.24, 2.45) is 0 Å². The Balaban J connectivity index is 3.98. The molecule has 0 amide bonds. The van der Waals surface area contributed by atoms with E-state index in [0.717, 1.165) is 0 Å². The maximum Gasteiger partial charge on any atom is 0.189 e. The standard InChI is InChI=1S/C8H22N2Si/c1-6-10(7-2)11(8-3)9(4)5/h11H,6-8H2,1-5H3. The highest BCUT2D eigenvalue weighted by atomic mass is 28.3. The first-order chi connectivity index (χ1) is 5.17. The zero-order valence-electron chi connectivity index (χ0n) is 8.59. The molecule has 0 radical (unpaired) electrons. The molecule has 0 aromatic rings. The number of rotatable bonds is 5. The van der Waals surface area contributed by atoms with Crippen molar-refractivity contribution in [2.45, 2.75) is 26.8 Å². The van der Waals surface area contributed by atoms with E-state index in [9.17, 15) is 0 Å². The van der Waals surface area contributed by atoms with E-state index in [1.54, 1.807) is 0 Å². The fourth-order valence-electron chi connectivity index (χ4n) is 1.60. The van der Waals surface area contributed by atoms with Gasteiger partial charge in [-0.2, -0.15) is 0 Å². The third-order valence-electron chi connectivity index (χ3n) is 2.20. The zero-order chi connectivity index (χ0) is 8.85. The highest BCUT2D eigenvalue weighted by molar-refractivity contribution is 6.52. The van der Waals surface area contributed by atoms with Gasteiger partial charge in [0.2, 0.25) is 0 Å². The lowest BCUT2D eigenvalue weighted by atomic mass is 10.7. The van der Waals surface area contributed by atoms with E-state index in [2.05, 4.69) is 44.0 Å². The SMILES string of the molecule is CCN(CC)[SiH](CC)N(C)C. The summed E-state index contributed by atoms with van der Waals surface area (Å²) in [7, 11) is 3.68. The molecule has 3 heteroatoms. The second kappa shape index (κ2) is 5.74. The van der Waals surface area contributed by atoms with Crippen LogP contribution in [0.2, 0.25) is 6.04 Å². The Hall–Kier alpha value is 0.137. The highest BCUT2D eigenvalue weighted by Gasteiger charge is 2.17. The van der Waals surface area contributed by atoms with Crippen LogP contribution in [-0.4, -0.2) is 45.4 Å². The fraction of sp³-hybridized carbons (Fsp3) is 1.00. The molecule has 0 aliphatic carbocycles. The first-order valence-corrected chi connectivity index (χ1v) is 6.42. The highest BCUT2D eigenvalue weighted by Crippen LogP contribution is 2.01. The molecule has 0 N–H and O–H groups in total. The topological polar surface area (TPSA) is 6.48 Å². The molecular formula is C8H22N2Si. The van der Waals surface area contributed by atoms with Crippen LogP contribution in [0.5, 0.6) is 0 Å². The first-order valence-electron chi connectivity index (χ1n) is 4.57. The molecule has 0 aromatic heterocycles. The monoisotopic (exact) mass is 174 g/mol. The zero-order valence-corrected chi connectivity index (χ0v) is 9.75. The number of hydrogen-bond donors (Lipinski definition) is 0. The molecule has 2 nitrogen and oxygen atoms in total. The third kappa shape index (κ3) is 3.36. The summed E-state index contributed by atoms with van der Waals surface area (Å²) in [4.78, 5) is 0. The summed E-state index contributed by atoms with van der Waals surface area (Å²) < 4.78 is 5.03. The first kappa shape index (κ1) is 11.1. The van der Waals surface area contributed by atoms with Crippen LogP contribution in [0.1, 0.15) is 20.8 Å². The van der Waals surface area contributed by atoms with Crippen molar-refractivity contribution in [3.05, 3.63) is 0 Å². The number of nitrogens with zero attached hydrogens (tertiary/aromatic N) is 2. The van der Waals surface area contributed by atoms with Crippen molar-refractivity contribution in [1.29, 1.82) is 0 Å². The Kier molecular flexibility index (Phi) is 5.82. The maximum atomic E-state index is 2.61. The Morgan fingerprint density at radius 2 is 1.45 bits per heavy atom. The second-order valence-electron chi connectivity index (χ2n) is 3.07. The van der Waals surface area contributed by atoms with E-state index in [4.69, 9.17) is 0 Å². The number of hydrogen-bond acceptors (Lipinski definition) is 2. The molecule has 1 atom stereocenters. The van der Waals surface area contributed by atoms with E-state index in [0.29, 0.717) is 0 Å². The van der Waals surface area contributed by atoms with Crippen LogP contribution in [0.25, 0.3) is 0 Å². The molecule has 0 saturated carbocycles. The van der Waals surface area contributed by atoms with Gasteiger partial charge in [0.25, 0.3) is 0 Å². The van der Waals surface area contributed by atoms with E-state index in [1.165, 1.54) is 19.1 Å². The molecule has 0 heterocycles. The van der Waals surface area contributed by atoms with Crippen LogP contribution in [0, 0.1) is 0 Å². The van der Waals surface area contributed by atoms with Crippen LogP contribution in [0.3, 0.4) is 0 Å². The maximum absolute atomic E-state index is 2.61. The summed E-state index contributed by atoms with van der Waals surface area (Å²) in [6.07, 6.45) is 0. The molecule has 0 saturated heterocycles. The van der Waals surface area contributed by atoms with Crippen molar-refractivity contribution >= 4 is 9.12 Å². The Morgan fingerprint density at radius 1 is 1.00 bits per heavy atom. The smallest absolute Gasteiger partial charge is 0.189 e. The van der Waals surface area contributed by atoms with Crippen LogP contribution in [0.15, 0.2) is 0 Å². The van der Waals surface area contributed by atoms with Crippen LogP contribution in [0.4, 0.5) is 0 Å². The summed E-state index contributed by atoms with van der Waals surface area (Å²) in [5, 5.41) is 0. The summed E-state index contributed by atoms with van der Waals surface area (Å²) in [6.45, 7) is 9.22. The van der Waals surface area contributed by atoms with Gasteiger partial charge in [-0.3, -0.25) is 0 Å². The average molecular weight is 174 g/mol. The van der Waals surface area contributed by atoms with Gasteiger partial charge in [0, 0.05) is 0 Å². The lowest BCUT2D eigenvalue weighted by Crippen LogP contribution is -2.48. The summed E-state index contributed by atoms with van der Waals surface area (Å²) in [5.41, 5.74) is 0. The Labute approximate surface area is 73.0 Å². The molecule has 0 spiro atoms. The molecule has 0 aliphatic rings. The van der Waals surface area contributed by atoms with Crippen molar-refractivity contribution in [2.75, 3.05) is 27.2 Å². The van der Waals surface area contributed by atoms with Gasteiger partial charge in [0.1, 0.15) is 0 Å². The normalized spacial score (nSPS) is 14.5. The van der Waals surface area contributed by atoms with Gasteiger partial charge in [-0.05, 0) is 33.2 Å². The minimum Gasteiger partial charge on any atom is -0.320 e. The molecule has 0 aromatic carbocycles. The minimum atomic E-state index is -0.735. The predicted molar refractivity (Wildman–Crippen MR) is 54.2 cm³/mol. The molecular weight excluding hydrogens is 152 g/mol. The molecule has 68 valence electrons. The quantitative estimate of drug-likeness (QED) is 0.577. The van der Waals surface area contributed by atoms with Crippen LogP contribution < -0.4 is 0 Å². The minimum absolute atomic E-state index is 0.735. The summed E-state index contributed by atoms with van der Waals surface area (Å²) in [5.74, 6) is 0. The third-order valence-corrected chi connectivity index (χ3v) is 5.69. The summed E-state index contributed by atoms with van der Waals surface area (Å²) in [6, 6.07) is 1.34. The molecule has 0 rings (SSSR count). The van der Waals surface area contributed by atoms with E-state index in [1.807, 2.05) is 0 Å². The second-order valence-corrected chi connectivity index (χ2v) is 6.61. The van der Waals surface area contributed by atoms with Gasteiger partial charge >= 0.3 is 0 Å². The lowest BCUT2D eigenvalue weighted by molar-refractivity contribution is 0.423. The van der Waals surface area contributed by atoms with E-state index in [-0.39, 0.29) is 0 Å². The van der Waals surface area contributed by atoms with Crippen molar-refractivity contribution in [3.63, 3.8) is 0 Å². The molecule has 1 unspecified atom stereocenters. The van der Waals surface area contributed by atoms with Crippen molar-refractivity contribution in [1.82, 2.24) is 9.13 Å². The van der Waals surface area contributed by atoms with Crippen molar-refractivity contribution in [3.8, 4) is 0 Å². The molecule has 11 heavy (non-hydrogen) atoms. The largest absolute Gasteiger partial charge is 0.320 e. The summed E-state index contributed by atoms with van der Waals surface area (Å²) >= 11 is 0. The fourth-order valence-corrected chi connectivity index (χ4v) is 4.34. The Morgan fingerprint density at radius 3 is 1.55 bits per heavy atom. The average Bonchev–Trinajstić information content (AvgIpc) is 1.99. The van der Waals surface area contributed by atoms with Gasteiger partial charge in [-0.1, -0.05) is 20.8 Å². The Bertz CT molecular complexity index is 92.1. The van der Waals surface area contributed by atoms with E-state index < -0.39 is 9.12 Å².